The molecule has 3 aromatic rings. The van der Waals surface area contributed by atoms with Crippen LogP contribution in [-0.4, -0.2) is 47.4 Å². The number of sulfonamides is 1. The summed E-state index contributed by atoms with van der Waals surface area (Å²) >= 11 is 1.00. The topological polar surface area (TPSA) is 97.3 Å². The fraction of sp³-hybridized carbons (Fsp3) is 0.381. The highest BCUT2D eigenvalue weighted by atomic mass is 32.2. The summed E-state index contributed by atoms with van der Waals surface area (Å²) in [5, 5.41) is 0.254. The van der Waals surface area contributed by atoms with Gasteiger partial charge in [-0.3, -0.25) is 14.6 Å². The quantitative estimate of drug-likeness (QED) is 0.628. The van der Waals surface area contributed by atoms with Crippen LogP contribution in [-0.2, 0) is 10.0 Å². The Balaban J connectivity index is 0.000000360. The second kappa shape index (κ2) is 10.2. The Morgan fingerprint density at radius 2 is 1.94 bits per heavy atom. The maximum Gasteiger partial charge on any atom is 0.263 e. The number of benzene rings is 1. The summed E-state index contributed by atoms with van der Waals surface area (Å²) in [6.45, 7) is 2.81. The molecule has 8 nitrogen and oxygen atoms in total. The van der Waals surface area contributed by atoms with Gasteiger partial charge in [0, 0.05) is 49.4 Å². The number of hydrogen-bond acceptors (Lipinski definition) is 8. The second-order valence-corrected chi connectivity index (χ2v) is 9.79. The van der Waals surface area contributed by atoms with Crippen LogP contribution in [0.1, 0.15) is 38.7 Å². The lowest BCUT2D eigenvalue weighted by Crippen LogP contribution is -2.36. The van der Waals surface area contributed by atoms with Crippen LogP contribution in [0.4, 0.5) is 5.13 Å². The summed E-state index contributed by atoms with van der Waals surface area (Å²) in [5.41, 5.74) is 1.09. The van der Waals surface area contributed by atoms with E-state index in [1.54, 1.807) is 24.5 Å². The first-order valence-electron chi connectivity index (χ1n) is 10.3. The van der Waals surface area contributed by atoms with Gasteiger partial charge < -0.3 is 4.74 Å². The van der Waals surface area contributed by atoms with Crippen LogP contribution in [0.2, 0.25) is 0 Å². The average molecular weight is 462 g/mol. The molecule has 1 N–H and O–H groups in total. The zero-order valence-electron chi connectivity index (χ0n) is 17.1. The predicted molar refractivity (Wildman–Crippen MR) is 122 cm³/mol. The zero-order valence-corrected chi connectivity index (χ0v) is 18.7. The number of nitrogens with one attached hydrogen (secondary N) is 1. The number of likely N-dealkylation sites (tertiary alicyclic amines) is 1. The molecule has 1 atom stereocenters. The molecule has 2 aliphatic heterocycles. The van der Waals surface area contributed by atoms with Crippen molar-refractivity contribution in [2.24, 2.45) is 0 Å². The Morgan fingerprint density at radius 1 is 1.13 bits per heavy atom. The van der Waals surface area contributed by atoms with E-state index in [9.17, 15) is 8.42 Å². The molecule has 31 heavy (non-hydrogen) atoms. The number of ether oxygens (including phenoxy) is 1. The summed E-state index contributed by atoms with van der Waals surface area (Å²) in [6, 6.07) is 11.2. The van der Waals surface area contributed by atoms with E-state index in [1.807, 2.05) is 24.3 Å². The summed E-state index contributed by atoms with van der Waals surface area (Å²) in [4.78, 5) is 10.3. The molecular weight excluding hydrogens is 434 g/mol. The van der Waals surface area contributed by atoms with Crippen LogP contribution >= 0.6 is 11.5 Å². The number of fused-ring (bicyclic) bond motifs is 1. The van der Waals surface area contributed by atoms with Gasteiger partial charge in [0.1, 0.15) is 12.1 Å². The highest BCUT2D eigenvalue weighted by Gasteiger charge is 2.29. The minimum absolute atomic E-state index is 0. The van der Waals surface area contributed by atoms with Crippen molar-refractivity contribution in [1.82, 2.24) is 19.2 Å². The number of nitrogens with zero attached hydrogens (tertiary/aromatic N) is 4. The summed E-state index contributed by atoms with van der Waals surface area (Å²) in [6.07, 6.45) is 9.51. The maximum absolute atomic E-state index is 12.5. The van der Waals surface area contributed by atoms with Crippen LogP contribution in [0, 0.1) is 0 Å². The molecule has 0 unspecified atom stereocenters. The highest BCUT2D eigenvalue weighted by molar-refractivity contribution is 7.93. The van der Waals surface area contributed by atoms with E-state index in [2.05, 4.69) is 24.0 Å². The molecule has 0 aliphatic carbocycles. The normalized spacial score (nSPS) is 18.8. The molecule has 2 aliphatic rings. The standard InChI is InChI=1S/C16H20N4O3S2.C5H5N.H2/c21-25(22,19-16-17-11-18-24-16)12-4-5-13-14(6-9-23-15(13)10-12)20-7-2-1-3-8-20;1-2-4-6-5-3-1;/h4-5,10-11,14H,1-3,6-9H2,(H,17,18,19);1-5H;1H/t14-;;/m0../s1. The van der Waals surface area contributed by atoms with Gasteiger partial charge in [-0.2, -0.15) is 4.37 Å². The molecule has 10 heteroatoms. The number of piperidine rings is 1. The Kier molecular flexibility index (Phi) is 7.10. The fourth-order valence-electron chi connectivity index (χ4n) is 3.83. The lowest BCUT2D eigenvalue weighted by Gasteiger charge is -2.38. The van der Waals surface area contributed by atoms with Crippen molar-refractivity contribution in [2.75, 3.05) is 24.4 Å². The third-order valence-electron chi connectivity index (χ3n) is 5.28. The van der Waals surface area contributed by atoms with Gasteiger partial charge in [0.15, 0.2) is 0 Å². The SMILES string of the molecule is O=S(=O)(Nc1ncns1)c1ccc2c(c1)OCC[C@@H]2N1CCCCC1.[HH].c1ccncc1. The van der Waals surface area contributed by atoms with E-state index in [4.69, 9.17) is 4.74 Å². The number of anilines is 1. The van der Waals surface area contributed by atoms with Gasteiger partial charge in [0.2, 0.25) is 5.13 Å². The van der Waals surface area contributed by atoms with E-state index in [1.165, 1.54) is 25.6 Å². The van der Waals surface area contributed by atoms with Crippen LogP contribution in [0.3, 0.4) is 0 Å². The van der Waals surface area contributed by atoms with Crippen molar-refractivity contribution >= 4 is 26.7 Å². The van der Waals surface area contributed by atoms with Gasteiger partial charge in [-0.15, -0.1) is 0 Å². The van der Waals surface area contributed by atoms with Crippen molar-refractivity contribution < 1.29 is 14.6 Å². The van der Waals surface area contributed by atoms with Crippen molar-refractivity contribution in [3.63, 3.8) is 0 Å². The highest BCUT2D eigenvalue weighted by Crippen LogP contribution is 2.38. The zero-order chi connectivity index (χ0) is 21.5. The molecule has 2 aromatic heterocycles. The minimum Gasteiger partial charge on any atom is -0.493 e. The van der Waals surface area contributed by atoms with Crippen molar-refractivity contribution in [2.45, 2.75) is 36.6 Å². The van der Waals surface area contributed by atoms with E-state index in [0.717, 1.165) is 36.6 Å². The summed E-state index contributed by atoms with van der Waals surface area (Å²) < 4.78 is 37.1. The van der Waals surface area contributed by atoms with Crippen LogP contribution < -0.4 is 9.46 Å². The Bertz CT molecular complexity index is 1040. The molecule has 0 radical (unpaired) electrons. The third kappa shape index (κ3) is 5.57. The molecule has 5 rings (SSSR count). The van der Waals surface area contributed by atoms with Gasteiger partial charge in [-0.25, -0.2) is 13.4 Å². The Morgan fingerprint density at radius 3 is 2.58 bits per heavy atom. The van der Waals surface area contributed by atoms with E-state index >= 15 is 0 Å². The molecule has 166 valence electrons. The van der Waals surface area contributed by atoms with Gasteiger partial charge in [-0.1, -0.05) is 18.6 Å². The molecule has 1 saturated heterocycles. The molecule has 4 heterocycles. The summed E-state index contributed by atoms with van der Waals surface area (Å²) in [7, 11) is -3.69. The first-order chi connectivity index (χ1) is 15.1. The monoisotopic (exact) mass is 461 g/mol. The largest absolute Gasteiger partial charge is 0.493 e. The number of aromatic nitrogens is 3. The van der Waals surface area contributed by atoms with E-state index in [0.29, 0.717) is 18.4 Å². The molecule has 1 aromatic carbocycles. The van der Waals surface area contributed by atoms with Gasteiger partial charge in [0.25, 0.3) is 10.0 Å². The first kappa shape index (κ1) is 21.7. The van der Waals surface area contributed by atoms with E-state index in [-0.39, 0.29) is 11.5 Å². The Labute approximate surface area is 188 Å². The molecule has 0 saturated carbocycles. The number of pyridine rings is 1. The van der Waals surface area contributed by atoms with Crippen LogP contribution in [0.5, 0.6) is 5.75 Å². The van der Waals surface area contributed by atoms with Gasteiger partial charge in [-0.05, 0) is 44.1 Å². The molecule has 0 bridgehead atoms. The smallest absolute Gasteiger partial charge is 0.263 e. The average Bonchev–Trinajstić information content (AvgIpc) is 3.33. The van der Waals surface area contributed by atoms with Crippen molar-refractivity contribution in [1.29, 1.82) is 0 Å². The number of hydrogen-bond donors (Lipinski definition) is 1. The van der Waals surface area contributed by atoms with Crippen LogP contribution in [0.25, 0.3) is 0 Å². The lowest BCUT2D eigenvalue weighted by molar-refractivity contribution is 0.119. The predicted octanol–water partition coefficient (Wildman–Crippen LogP) is 3.98. The molecule has 1 fully saturated rings. The first-order valence-corrected chi connectivity index (χ1v) is 12.5. The number of rotatable bonds is 4. The van der Waals surface area contributed by atoms with Crippen molar-refractivity contribution in [3.8, 4) is 5.75 Å². The lowest BCUT2D eigenvalue weighted by atomic mass is 9.97. The van der Waals surface area contributed by atoms with Gasteiger partial charge >= 0.3 is 0 Å². The third-order valence-corrected chi connectivity index (χ3v) is 7.33. The van der Waals surface area contributed by atoms with Crippen LogP contribution in [0.15, 0.2) is 60.0 Å². The fourth-order valence-corrected chi connectivity index (χ4v) is 5.51. The molecule has 0 spiro atoms. The van der Waals surface area contributed by atoms with Gasteiger partial charge in [0.05, 0.1) is 11.5 Å². The molecular formula is C21H27N5O3S2. The summed E-state index contributed by atoms with van der Waals surface area (Å²) in [5.74, 6) is 0.668. The maximum atomic E-state index is 12.5. The minimum atomic E-state index is -3.69. The molecule has 0 amide bonds. The van der Waals surface area contributed by atoms with Crippen molar-refractivity contribution in [3.05, 3.63) is 60.7 Å². The second-order valence-electron chi connectivity index (χ2n) is 7.33. The Hall–Kier alpha value is -2.56. The van der Waals surface area contributed by atoms with E-state index < -0.39 is 10.0 Å².